The smallest absolute Gasteiger partial charge is 0.371 e. The molecule has 0 aliphatic heterocycles. The number of alkyl halides is 1. The Balaban J connectivity index is 2.54. The highest BCUT2D eigenvalue weighted by atomic mass is 35.5. The molecule has 5 heteroatoms. The van der Waals surface area contributed by atoms with Gasteiger partial charge in [0.1, 0.15) is 5.58 Å². The summed E-state index contributed by atoms with van der Waals surface area (Å²) in [6.45, 7) is 0. The summed E-state index contributed by atoms with van der Waals surface area (Å²) >= 11 is 5.51. The van der Waals surface area contributed by atoms with E-state index in [1.165, 1.54) is 6.07 Å². The van der Waals surface area contributed by atoms with E-state index in [0.29, 0.717) is 23.3 Å². The van der Waals surface area contributed by atoms with Crippen LogP contribution in [-0.4, -0.2) is 17.0 Å². The zero-order valence-electron chi connectivity index (χ0n) is 9.77. The van der Waals surface area contributed by atoms with Crippen LogP contribution in [0.4, 0.5) is 0 Å². The first-order chi connectivity index (χ1) is 9.11. The van der Waals surface area contributed by atoms with Crippen molar-refractivity contribution < 1.29 is 14.3 Å². The van der Waals surface area contributed by atoms with E-state index < -0.39 is 11.4 Å². The molecule has 2 rings (SSSR count). The lowest BCUT2D eigenvalue weighted by molar-refractivity contribution is 0.0663. The molecule has 19 heavy (non-hydrogen) atoms. The van der Waals surface area contributed by atoms with Crippen LogP contribution in [0.15, 0.2) is 33.5 Å². The number of rotatable bonds is 2. The van der Waals surface area contributed by atoms with Crippen LogP contribution in [0.1, 0.15) is 22.5 Å². The van der Waals surface area contributed by atoms with Crippen molar-refractivity contribution in [1.29, 1.82) is 0 Å². The maximum atomic E-state index is 11.8. The van der Waals surface area contributed by atoms with Gasteiger partial charge in [-0.15, -0.1) is 11.6 Å². The molecule has 0 fully saturated rings. The Morgan fingerprint density at radius 3 is 2.84 bits per heavy atom. The number of carboxylic acid groups (broad SMARTS) is 1. The minimum Gasteiger partial charge on any atom is -0.475 e. The molecule has 1 N–H and O–H groups in total. The third-order valence-electron chi connectivity index (χ3n) is 2.39. The first-order valence-corrected chi connectivity index (χ1v) is 6.01. The summed E-state index contributed by atoms with van der Waals surface area (Å²) in [6, 6.07) is 5.74. The average molecular weight is 277 g/mol. The Kier molecular flexibility index (Phi) is 3.88. The highest BCUT2D eigenvalue weighted by molar-refractivity contribution is 6.18. The first-order valence-electron chi connectivity index (χ1n) is 5.48. The molecule has 0 atom stereocenters. The van der Waals surface area contributed by atoms with Gasteiger partial charge in [0.2, 0.25) is 5.76 Å². The largest absolute Gasteiger partial charge is 0.475 e. The highest BCUT2D eigenvalue weighted by Crippen LogP contribution is 2.14. The van der Waals surface area contributed by atoms with E-state index in [0.717, 1.165) is 6.07 Å². The van der Waals surface area contributed by atoms with E-state index in [-0.39, 0.29) is 11.3 Å². The molecule has 0 amide bonds. The predicted octanol–water partition coefficient (Wildman–Crippen LogP) is 2.47. The van der Waals surface area contributed by atoms with Gasteiger partial charge in [-0.3, -0.25) is 4.79 Å². The van der Waals surface area contributed by atoms with Crippen molar-refractivity contribution in [3.05, 3.63) is 45.8 Å². The minimum absolute atomic E-state index is 0.229. The van der Waals surface area contributed by atoms with Gasteiger partial charge in [-0.1, -0.05) is 11.8 Å². The summed E-state index contributed by atoms with van der Waals surface area (Å²) in [4.78, 5) is 22.6. The summed E-state index contributed by atoms with van der Waals surface area (Å²) in [5, 5.41) is 9.11. The Labute approximate surface area is 113 Å². The van der Waals surface area contributed by atoms with Crippen LogP contribution in [0, 0.1) is 11.8 Å². The number of halogens is 1. The van der Waals surface area contributed by atoms with Crippen LogP contribution in [0.3, 0.4) is 0 Å². The zero-order chi connectivity index (χ0) is 13.8. The standard InChI is InChI=1S/C14H9ClO4/c15-6-2-1-3-9-4-5-12-10(7-9)11(16)8-13(19-12)14(17)18/h4-5,7-8H,2,6H2,(H,17,18). The van der Waals surface area contributed by atoms with E-state index in [1.54, 1.807) is 12.1 Å². The third-order valence-corrected chi connectivity index (χ3v) is 2.58. The van der Waals surface area contributed by atoms with Crippen LogP contribution in [0.25, 0.3) is 11.0 Å². The summed E-state index contributed by atoms with van der Waals surface area (Å²) in [5.74, 6) is 4.53. The molecule has 4 nitrogen and oxygen atoms in total. The molecular formula is C14H9ClO4. The van der Waals surface area contributed by atoms with Crippen molar-refractivity contribution in [2.24, 2.45) is 0 Å². The Hall–Kier alpha value is -2.25. The van der Waals surface area contributed by atoms with Crippen molar-refractivity contribution in [3.63, 3.8) is 0 Å². The summed E-state index contributed by atoms with van der Waals surface area (Å²) in [7, 11) is 0. The lowest BCUT2D eigenvalue weighted by Gasteiger charge is -1.99. The van der Waals surface area contributed by atoms with E-state index in [2.05, 4.69) is 11.8 Å². The van der Waals surface area contributed by atoms with Crippen LogP contribution in [0.5, 0.6) is 0 Å². The predicted molar refractivity (Wildman–Crippen MR) is 71.7 cm³/mol. The van der Waals surface area contributed by atoms with Gasteiger partial charge >= 0.3 is 5.97 Å². The van der Waals surface area contributed by atoms with Crippen LogP contribution >= 0.6 is 11.6 Å². The lowest BCUT2D eigenvalue weighted by Crippen LogP contribution is -2.06. The second-order valence-corrected chi connectivity index (χ2v) is 4.11. The van der Waals surface area contributed by atoms with Crippen molar-refractivity contribution in [2.75, 3.05) is 5.88 Å². The summed E-state index contributed by atoms with van der Waals surface area (Å²) in [6.07, 6.45) is 0.562. The van der Waals surface area contributed by atoms with Crippen LogP contribution in [-0.2, 0) is 0 Å². The van der Waals surface area contributed by atoms with E-state index in [9.17, 15) is 9.59 Å². The first kappa shape index (κ1) is 13.2. The van der Waals surface area contributed by atoms with Crippen LogP contribution in [0.2, 0.25) is 0 Å². The van der Waals surface area contributed by atoms with Gasteiger partial charge in [0, 0.05) is 23.9 Å². The fourth-order valence-electron chi connectivity index (χ4n) is 1.55. The second-order valence-electron chi connectivity index (χ2n) is 3.73. The number of hydrogen-bond acceptors (Lipinski definition) is 3. The molecule has 0 unspecified atom stereocenters. The molecule has 2 aromatic rings. The Bertz CT molecular complexity index is 749. The Morgan fingerprint density at radius 1 is 1.37 bits per heavy atom. The summed E-state index contributed by atoms with van der Waals surface area (Å²) < 4.78 is 5.12. The fourth-order valence-corrected chi connectivity index (χ4v) is 1.65. The molecule has 1 aromatic carbocycles. The van der Waals surface area contributed by atoms with Crippen molar-refractivity contribution in [3.8, 4) is 11.8 Å². The highest BCUT2D eigenvalue weighted by Gasteiger charge is 2.10. The molecule has 1 aromatic heterocycles. The molecule has 1 heterocycles. The van der Waals surface area contributed by atoms with Gasteiger partial charge in [0.15, 0.2) is 5.43 Å². The molecule has 0 aliphatic carbocycles. The molecule has 96 valence electrons. The van der Waals surface area contributed by atoms with Gasteiger partial charge in [0.25, 0.3) is 0 Å². The van der Waals surface area contributed by atoms with Gasteiger partial charge < -0.3 is 9.52 Å². The van der Waals surface area contributed by atoms with Crippen molar-refractivity contribution in [2.45, 2.75) is 6.42 Å². The summed E-state index contributed by atoms with van der Waals surface area (Å²) in [5.41, 5.74) is 0.487. The maximum Gasteiger partial charge on any atom is 0.371 e. The van der Waals surface area contributed by atoms with Crippen molar-refractivity contribution in [1.82, 2.24) is 0 Å². The molecule has 0 saturated heterocycles. The molecule has 0 aliphatic rings. The number of carbonyl (C=O) groups is 1. The third kappa shape index (κ3) is 2.95. The fraction of sp³-hybridized carbons (Fsp3) is 0.143. The number of carboxylic acids is 1. The maximum absolute atomic E-state index is 11.8. The van der Waals surface area contributed by atoms with Crippen LogP contribution < -0.4 is 5.43 Å². The number of fused-ring (bicyclic) bond motifs is 1. The monoisotopic (exact) mass is 276 g/mol. The Morgan fingerprint density at radius 2 is 2.16 bits per heavy atom. The SMILES string of the molecule is O=C(O)c1cc(=O)c2cc(C#CCCCl)ccc2o1. The molecule has 0 spiro atoms. The lowest BCUT2D eigenvalue weighted by atomic mass is 10.1. The minimum atomic E-state index is -1.27. The van der Waals surface area contributed by atoms with E-state index in [1.807, 2.05) is 0 Å². The number of benzene rings is 1. The quantitative estimate of drug-likeness (QED) is 0.676. The molecule has 0 radical (unpaired) electrons. The topological polar surface area (TPSA) is 67.5 Å². The van der Waals surface area contributed by atoms with Crippen molar-refractivity contribution >= 4 is 28.5 Å². The zero-order valence-corrected chi connectivity index (χ0v) is 10.5. The molecular weight excluding hydrogens is 268 g/mol. The number of hydrogen-bond donors (Lipinski definition) is 1. The average Bonchev–Trinajstić information content (AvgIpc) is 2.39. The van der Waals surface area contributed by atoms with Gasteiger partial charge in [-0.25, -0.2) is 4.79 Å². The van der Waals surface area contributed by atoms with E-state index >= 15 is 0 Å². The molecule has 0 bridgehead atoms. The van der Waals surface area contributed by atoms with Gasteiger partial charge in [-0.05, 0) is 18.2 Å². The van der Waals surface area contributed by atoms with Gasteiger partial charge in [0.05, 0.1) is 5.39 Å². The second kappa shape index (κ2) is 5.59. The van der Waals surface area contributed by atoms with Gasteiger partial charge in [-0.2, -0.15) is 0 Å². The normalized spacial score (nSPS) is 9.95. The van der Waals surface area contributed by atoms with E-state index in [4.69, 9.17) is 21.1 Å². The molecule has 0 saturated carbocycles. The number of aromatic carboxylic acids is 1.